The molecule has 0 aromatic carbocycles. The maximum atomic E-state index is 11.7. The molecular weight excluding hydrogens is 252 g/mol. The molecule has 1 aliphatic heterocycles. The normalized spacial score (nSPS) is 16.6. The second-order valence-electron chi connectivity index (χ2n) is 4.27. The molecule has 1 amide bonds. The lowest BCUT2D eigenvalue weighted by atomic mass is 10.3. The molecule has 2 rings (SSSR count). The molecule has 0 N–H and O–H groups in total. The Kier molecular flexibility index (Phi) is 4.36. The van der Waals surface area contributed by atoms with Crippen LogP contribution in [0.15, 0.2) is 12.4 Å². The van der Waals surface area contributed by atoms with Crippen LogP contribution in [0.3, 0.4) is 0 Å². The van der Waals surface area contributed by atoms with Gasteiger partial charge in [0.2, 0.25) is 5.91 Å². The fraction of sp³-hybridized carbons (Fsp3) is 0.583. The third kappa shape index (κ3) is 3.10. The van der Waals surface area contributed by atoms with Crippen LogP contribution in [0, 0.1) is 0 Å². The van der Waals surface area contributed by atoms with E-state index in [0.717, 1.165) is 38.4 Å². The standard InChI is InChI=1S/C12H17ClN4O/c1-2-12(18)17-5-3-4-16(6-7-17)11-9-14-8-10(13)15-11/h8-9H,2-7H2,1H3. The van der Waals surface area contributed by atoms with Crippen molar-refractivity contribution in [1.82, 2.24) is 14.9 Å². The van der Waals surface area contributed by atoms with Gasteiger partial charge in [0.25, 0.3) is 0 Å². The van der Waals surface area contributed by atoms with E-state index in [1.165, 1.54) is 6.20 Å². The molecular formula is C12H17ClN4O. The van der Waals surface area contributed by atoms with Crippen LogP contribution in [0.4, 0.5) is 5.82 Å². The summed E-state index contributed by atoms with van der Waals surface area (Å²) in [7, 11) is 0. The Bertz CT molecular complexity index is 426. The molecule has 5 nitrogen and oxygen atoms in total. The molecule has 0 saturated carbocycles. The molecule has 2 heterocycles. The summed E-state index contributed by atoms with van der Waals surface area (Å²) >= 11 is 5.84. The minimum Gasteiger partial charge on any atom is -0.353 e. The van der Waals surface area contributed by atoms with Crippen LogP contribution in [0.5, 0.6) is 0 Å². The number of anilines is 1. The molecule has 18 heavy (non-hydrogen) atoms. The average molecular weight is 269 g/mol. The van der Waals surface area contributed by atoms with Gasteiger partial charge in [-0.15, -0.1) is 0 Å². The zero-order valence-electron chi connectivity index (χ0n) is 10.5. The third-order valence-electron chi connectivity index (χ3n) is 3.07. The molecule has 0 spiro atoms. The summed E-state index contributed by atoms with van der Waals surface area (Å²) in [5, 5.41) is 0.401. The number of carbonyl (C=O) groups excluding carboxylic acids is 1. The molecule has 1 aromatic rings. The van der Waals surface area contributed by atoms with Crippen molar-refractivity contribution in [2.75, 3.05) is 31.1 Å². The number of nitrogens with zero attached hydrogens (tertiary/aromatic N) is 4. The average Bonchev–Trinajstić information content (AvgIpc) is 2.63. The Balaban J connectivity index is 2.03. The minimum atomic E-state index is 0.217. The Morgan fingerprint density at radius 1 is 1.33 bits per heavy atom. The van der Waals surface area contributed by atoms with Gasteiger partial charge in [-0.25, -0.2) is 4.98 Å². The summed E-state index contributed by atoms with van der Waals surface area (Å²) in [6.07, 6.45) is 4.75. The first-order chi connectivity index (χ1) is 8.70. The molecule has 0 aliphatic carbocycles. The summed E-state index contributed by atoms with van der Waals surface area (Å²) in [5.41, 5.74) is 0. The molecule has 1 saturated heterocycles. The molecule has 1 aliphatic rings. The smallest absolute Gasteiger partial charge is 0.222 e. The molecule has 0 radical (unpaired) electrons. The molecule has 1 aromatic heterocycles. The summed E-state index contributed by atoms with van der Waals surface area (Å²) in [6.45, 7) is 5.11. The monoisotopic (exact) mass is 268 g/mol. The lowest BCUT2D eigenvalue weighted by Crippen LogP contribution is -2.34. The van der Waals surface area contributed by atoms with E-state index in [0.29, 0.717) is 11.6 Å². The lowest BCUT2D eigenvalue weighted by Gasteiger charge is -2.22. The molecule has 6 heteroatoms. The van der Waals surface area contributed by atoms with E-state index in [4.69, 9.17) is 11.6 Å². The van der Waals surface area contributed by atoms with E-state index < -0.39 is 0 Å². The number of rotatable bonds is 2. The van der Waals surface area contributed by atoms with Crippen LogP contribution in [0.1, 0.15) is 19.8 Å². The SMILES string of the molecule is CCC(=O)N1CCCN(c2cncc(Cl)n2)CC1. The topological polar surface area (TPSA) is 49.3 Å². The fourth-order valence-corrected chi connectivity index (χ4v) is 2.25. The quantitative estimate of drug-likeness (QED) is 0.817. The molecule has 1 fully saturated rings. The Morgan fingerprint density at radius 2 is 2.17 bits per heavy atom. The van der Waals surface area contributed by atoms with Crippen molar-refractivity contribution in [3.05, 3.63) is 17.5 Å². The van der Waals surface area contributed by atoms with Crippen molar-refractivity contribution in [1.29, 1.82) is 0 Å². The zero-order chi connectivity index (χ0) is 13.0. The predicted octanol–water partition coefficient (Wildman–Crippen LogP) is 1.58. The van der Waals surface area contributed by atoms with Gasteiger partial charge in [0.05, 0.1) is 12.4 Å². The van der Waals surface area contributed by atoms with Crippen molar-refractivity contribution in [2.45, 2.75) is 19.8 Å². The highest BCUT2D eigenvalue weighted by atomic mass is 35.5. The zero-order valence-corrected chi connectivity index (χ0v) is 11.2. The summed E-state index contributed by atoms with van der Waals surface area (Å²) in [4.78, 5) is 24.0. The summed E-state index contributed by atoms with van der Waals surface area (Å²) in [6, 6.07) is 0. The van der Waals surface area contributed by atoms with Gasteiger partial charge in [-0.2, -0.15) is 0 Å². The summed E-state index contributed by atoms with van der Waals surface area (Å²) in [5.74, 6) is 1.00. The van der Waals surface area contributed by atoms with Gasteiger partial charge in [-0.3, -0.25) is 9.78 Å². The van der Waals surface area contributed by atoms with Gasteiger partial charge in [0.1, 0.15) is 11.0 Å². The van der Waals surface area contributed by atoms with Gasteiger partial charge < -0.3 is 9.80 Å². The van der Waals surface area contributed by atoms with Crippen LogP contribution in [-0.4, -0.2) is 47.0 Å². The minimum absolute atomic E-state index is 0.217. The molecule has 0 bridgehead atoms. The molecule has 0 unspecified atom stereocenters. The van der Waals surface area contributed by atoms with Gasteiger partial charge in [0.15, 0.2) is 0 Å². The van der Waals surface area contributed by atoms with E-state index in [-0.39, 0.29) is 5.91 Å². The lowest BCUT2D eigenvalue weighted by molar-refractivity contribution is -0.130. The largest absolute Gasteiger partial charge is 0.353 e. The van der Waals surface area contributed by atoms with Crippen molar-refractivity contribution < 1.29 is 4.79 Å². The number of hydrogen-bond donors (Lipinski definition) is 0. The van der Waals surface area contributed by atoms with Crippen LogP contribution in [0.25, 0.3) is 0 Å². The number of carbonyl (C=O) groups is 1. The Morgan fingerprint density at radius 3 is 2.89 bits per heavy atom. The molecule has 98 valence electrons. The number of halogens is 1. The third-order valence-corrected chi connectivity index (χ3v) is 3.25. The highest BCUT2D eigenvalue weighted by molar-refractivity contribution is 6.29. The first-order valence-electron chi connectivity index (χ1n) is 6.21. The van der Waals surface area contributed by atoms with E-state index >= 15 is 0 Å². The van der Waals surface area contributed by atoms with Crippen LogP contribution >= 0.6 is 11.6 Å². The summed E-state index contributed by atoms with van der Waals surface area (Å²) < 4.78 is 0. The van der Waals surface area contributed by atoms with Crippen molar-refractivity contribution in [3.8, 4) is 0 Å². The predicted molar refractivity (Wildman–Crippen MR) is 70.7 cm³/mol. The highest BCUT2D eigenvalue weighted by Crippen LogP contribution is 2.15. The van der Waals surface area contributed by atoms with Gasteiger partial charge in [-0.05, 0) is 6.42 Å². The maximum Gasteiger partial charge on any atom is 0.222 e. The van der Waals surface area contributed by atoms with E-state index in [1.54, 1.807) is 6.20 Å². The molecule has 0 atom stereocenters. The number of aromatic nitrogens is 2. The number of amides is 1. The fourth-order valence-electron chi connectivity index (χ4n) is 2.10. The van der Waals surface area contributed by atoms with Crippen molar-refractivity contribution in [2.24, 2.45) is 0 Å². The second kappa shape index (κ2) is 6.00. The maximum absolute atomic E-state index is 11.7. The van der Waals surface area contributed by atoms with Gasteiger partial charge >= 0.3 is 0 Å². The van der Waals surface area contributed by atoms with Gasteiger partial charge in [0, 0.05) is 32.6 Å². The first kappa shape index (κ1) is 13.1. The van der Waals surface area contributed by atoms with Gasteiger partial charge in [-0.1, -0.05) is 18.5 Å². The van der Waals surface area contributed by atoms with Crippen LogP contribution in [0.2, 0.25) is 5.15 Å². The van der Waals surface area contributed by atoms with Crippen LogP contribution < -0.4 is 4.90 Å². The Hall–Kier alpha value is -1.36. The van der Waals surface area contributed by atoms with Crippen molar-refractivity contribution in [3.63, 3.8) is 0 Å². The van der Waals surface area contributed by atoms with E-state index in [1.807, 2.05) is 11.8 Å². The van der Waals surface area contributed by atoms with Crippen LogP contribution in [-0.2, 0) is 4.79 Å². The van der Waals surface area contributed by atoms with E-state index in [9.17, 15) is 4.79 Å². The van der Waals surface area contributed by atoms with E-state index in [2.05, 4.69) is 14.9 Å². The highest BCUT2D eigenvalue weighted by Gasteiger charge is 2.18. The Labute approximate surface area is 112 Å². The second-order valence-corrected chi connectivity index (χ2v) is 4.66. The first-order valence-corrected chi connectivity index (χ1v) is 6.58. The van der Waals surface area contributed by atoms with Crippen molar-refractivity contribution >= 4 is 23.3 Å². The number of hydrogen-bond acceptors (Lipinski definition) is 4.